The molecule has 3 N–H and O–H groups in total. The van der Waals surface area contributed by atoms with Gasteiger partial charge < -0.3 is 5.11 Å². The third-order valence-corrected chi connectivity index (χ3v) is 3.05. The molecule has 0 bridgehead atoms. The topological polar surface area (TPSA) is 80.4 Å². The summed E-state index contributed by atoms with van der Waals surface area (Å²) < 4.78 is 21.7. The van der Waals surface area contributed by atoms with Crippen LogP contribution in [-0.4, -0.2) is 19.3 Å². The van der Waals surface area contributed by atoms with Crippen LogP contribution in [0.1, 0.15) is 12.5 Å². The fraction of sp³-hybridized carbons (Fsp3) is 0.400. The van der Waals surface area contributed by atoms with Crippen molar-refractivity contribution < 1.29 is 13.5 Å². The van der Waals surface area contributed by atoms with Crippen molar-refractivity contribution in [2.24, 2.45) is 11.1 Å². The van der Waals surface area contributed by atoms with E-state index in [9.17, 15) is 13.5 Å². The van der Waals surface area contributed by atoms with E-state index in [1.54, 1.807) is 18.2 Å². The number of nitrogens with two attached hydrogens (primary N) is 1. The predicted octanol–water partition coefficient (Wildman–Crippen LogP) is 0.859. The largest absolute Gasteiger partial charge is 0.508 e. The zero-order valence-corrected chi connectivity index (χ0v) is 9.37. The van der Waals surface area contributed by atoms with Crippen molar-refractivity contribution in [2.75, 3.05) is 5.75 Å². The minimum Gasteiger partial charge on any atom is -0.508 e. The molecular formula is C10H15NO3S. The Morgan fingerprint density at radius 3 is 2.67 bits per heavy atom. The van der Waals surface area contributed by atoms with Crippen molar-refractivity contribution in [1.82, 2.24) is 0 Å². The maximum absolute atomic E-state index is 10.8. The maximum Gasteiger partial charge on any atom is 0.209 e. The molecule has 0 amide bonds. The molecule has 0 aliphatic carbocycles. The first kappa shape index (κ1) is 12.0. The Hall–Kier alpha value is -1.07. The van der Waals surface area contributed by atoms with Crippen LogP contribution in [0.3, 0.4) is 0 Å². The minimum atomic E-state index is -3.42. The Morgan fingerprint density at radius 2 is 2.13 bits per heavy atom. The van der Waals surface area contributed by atoms with Gasteiger partial charge in [0.15, 0.2) is 0 Å². The van der Waals surface area contributed by atoms with E-state index >= 15 is 0 Å². The second-order valence-corrected chi connectivity index (χ2v) is 5.47. The Balaban J connectivity index is 2.63. The third-order valence-electron chi connectivity index (χ3n) is 2.01. The molecule has 1 atom stereocenters. The number of hydrogen-bond acceptors (Lipinski definition) is 3. The van der Waals surface area contributed by atoms with Crippen molar-refractivity contribution in [3.05, 3.63) is 29.8 Å². The van der Waals surface area contributed by atoms with Gasteiger partial charge in [0.2, 0.25) is 10.0 Å². The molecule has 0 radical (unpaired) electrons. The van der Waals surface area contributed by atoms with Gasteiger partial charge in [-0.15, -0.1) is 0 Å². The van der Waals surface area contributed by atoms with Gasteiger partial charge in [-0.3, -0.25) is 0 Å². The first-order chi connectivity index (χ1) is 6.87. The number of rotatable bonds is 4. The average Bonchev–Trinajstić information content (AvgIpc) is 1.99. The monoisotopic (exact) mass is 229 g/mol. The molecule has 0 saturated heterocycles. The van der Waals surface area contributed by atoms with E-state index in [4.69, 9.17) is 5.14 Å². The SMILES string of the molecule is CC(Cc1cccc(O)c1)CS(N)(=O)=O. The molecule has 5 heteroatoms. The van der Waals surface area contributed by atoms with Crippen LogP contribution in [0.5, 0.6) is 5.75 Å². The Kier molecular flexibility index (Phi) is 3.71. The molecule has 4 nitrogen and oxygen atoms in total. The smallest absolute Gasteiger partial charge is 0.209 e. The highest BCUT2D eigenvalue weighted by Gasteiger charge is 2.11. The van der Waals surface area contributed by atoms with Gasteiger partial charge in [-0.1, -0.05) is 19.1 Å². The van der Waals surface area contributed by atoms with Gasteiger partial charge >= 0.3 is 0 Å². The van der Waals surface area contributed by atoms with Gasteiger partial charge in [0, 0.05) is 0 Å². The summed E-state index contributed by atoms with van der Waals surface area (Å²) >= 11 is 0. The molecule has 0 aliphatic heterocycles. The molecule has 0 saturated carbocycles. The lowest BCUT2D eigenvalue weighted by Gasteiger charge is -2.09. The van der Waals surface area contributed by atoms with E-state index in [1.807, 2.05) is 13.0 Å². The van der Waals surface area contributed by atoms with E-state index in [0.29, 0.717) is 6.42 Å². The normalized spacial score (nSPS) is 13.7. The van der Waals surface area contributed by atoms with Crippen LogP contribution in [0.4, 0.5) is 0 Å². The molecule has 1 rings (SSSR count). The lowest BCUT2D eigenvalue weighted by atomic mass is 10.0. The highest BCUT2D eigenvalue weighted by Crippen LogP contribution is 2.15. The lowest BCUT2D eigenvalue weighted by Crippen LogP contribution is -2.22. The quantitative estimate of drug-likeness (QED) is 0.803. The van der Waals surface area contributed by atoms with Crippen LogP contribution < -0.4 is 5.14 Å². The fourth-order valence-corrected chi connectivity index (χ4v) is 2.45. The third kappa shape index (κ3) is 4.80. The van der Waals surface area contributed by atoms with Crippen LogP contribution in [0.2, 0.25) is 0 Å². The maximum atomic E-state index is 10.8. The summed E-state index contributed by atoms with van der Waals surface area (Å²) in [5, 5.41) is 14.2. The van der Waals surface area contributed by atoms with Gasteiger partial charge in [-0.25, -0.2) is 13.6 Å². The standard InChI is InChI=1S/C10H15NO3S/c1-8(7-15(11,13)14)5-9-3-2-4-10(12)6-9/h2-4,6,8,12H,5,7H2,1H3,(H2,11,13,14). The van der Waals surface area contributed by atoms with Crippen LogP contribution in [-0.2, 0) is 16.4 Å². The number of sulfonamides is 1. The molecule has 15 heavy (non-hydrogen) atoms. The fourth-order valence-electron chi connectivity index (χ4n) is 1.54. The first-order valence-corrected chi connectivity index (χ1v) is 6.37. The summed E-state index contributed by atoms with van der Waals surface area (Å²) in [6, 6.07) is 6.78. The van der Waals surface area contributed by atoms with E-state index in [0.717, 1.165) is 5.56 Å². The molecule has 1 aromatic carbocycles. The second-order valence-electron chi connectivity index (χ2n) is 3.81. The van der Waals surface area contributed by atoms with Crippen molar-refractivity contribution in [3.8, 4) is 5.75 Å². The van der Waals surface area contributed by atoms with E-state index in [1.165, 1.54) is 0 Å². The molecule has 0 spiro atoms. The zero-order valence-electron chi connectivity index (χ0n) is 8.55. The minimum absolute atomic E-state index is 0.0390. The Bertz CT molecular complexity index is 428. The van der Waals surface area contributed by atoms with Crippen LogP contribution in [0.15, 0.2) is 24.3 Å². The van der Waals surface area contributed by atoms with Gasteiger partial charge in [0.05, 0.1) is 5.75 Å². The number of primary sulfonamides is 1. The number of hydrogen-bond donors (Lipinski definition) is 2. The summed E-state index contributed by atoms with van der Waals surface area (Å²) in [5.74, 6) is 0.0972. The van der Waals surface area contributed by atoms with Crippen molar-refractivity contribution in [3.63, 3.8) is 0 Å². The molecular weight excluding hydrogens is 214 g/mol. The summed E-state index contributed by atoms with van der Waals surface area (Å²) in [7, 11) is -3.42. The Labute approximate surface area is 89.8 Å². The molecule has 0 aliphatic rings. The molecule has 1 unspecified atom stereocenters. The van der Waals surface area contributed by atoms with Crippen LogP contribution in [0, 0.1) is 5.92 Å². The van der Waals surface area contributed by atoms with Crippen molar-refractivity contribution in [2.45, 2.75) is 13.3 Å². The Morgan fingerprint density at radius 1 is 1.47 bits per heavy atom. The van der Waals surface area contributed by atoms with Gasteiger partial charge in [0.1, 0.15) is 5.75 Å². The molecule has 1 aromatic rings. The highest BCUT2D eigenvalue weighted by molar-refractivity contribution is 7.89. The summed E-state index contributed by atoms with van der Waals surface area (Å²) in [6.07, 6.45) is 0.588. The highest BCUT2D eigenvalue weighted by atomic mass is 32.2. The molecule has 0 aromatic heterocycles. The van der Waals surface area contributed by atoms with E-state index < -0.39 is 10.0 Å². The predicted molar refractivity (Wildman–Crippen MR) is 58.9 cm³/mol. The summed E-state index contributed by atoms with van der Waals surface area (Å²) in [5.41, 5.74) is 0.908. The number of phenolic OH excluding ortho intramolecular Hbond substituents is 1. The van der Waals surface area contributed by atoms with Gasteiger partial charge in [-0.2, -0.15) is 0 Å². The van der Waals surface area contributed by atoms with Crippen LogP contribution >= 0.6 is 0 Å². The summed E-state index contributed by atoms with van der Waals surface area (Å²) in [6.45, 7) is 1.81. The lowest BCUT2D eigenvalue weighted by molar-refractivity contribution is 0.474. The van der Waals surface area contributed by atoms with Crippen LogP contribution in [0.25, 0.3) is 0 Å². The molecule has 0 heterocycles. The first-order valence-electron chi connectivity index (χ1n) is 4.65. The molecule has 0 fully saturated rings. The molecule has 84 valence electrons. The summed E-state index contributed by atoms with van der Waals surface area (Å²) in [4.78, 5) is 0. The van der Waals surface area contributed by atoms with Gasteiger partial charge in [0.25, 0.3) is 0 Å². The second kappa shape index (κ2) is 4.63. The number of benzene rings is 1. The number of aromatic hydroxyl groups is 1. The van der Waals surface area contributed by atoms with E-state index in [2.05, 4.69) is 0 Å². The number of phenols is 1. The average molecular weight is 229 g/mol. The van der Waals surface area contributed by atoms with Crippen molar-refractivity contribution in [1.29, 1.82) is 0 Å². The van der Waals surface area contributed by atoms with Gasteiger partial charge in [-0.05, 0) is 30.0 Å². The van der Waals surface area contributed by atoms with Crippen molar-refractivity contribution >= 4 is 10.0 Å². The van der Waals surface area contributed by atoms with E-state index in [-0.39, 0.29) is 17.4 Å². The zero-order chi connectivity index (χ0) is 11.5.